The molecule has 1 aromatic carbocycles. The maximum Gasteiger partial charge on any atom is 0.0480 e. The molecule has 4 heteroatoms. The molecule has 0 aliphatic carbocycles. The quantitative estimate of drug-likeness (QED) is 0.630. The van der Waals surface area contributed by atoms with Crippen molar-refractivity contribution in [1.82, 2.24) is 5.32 Å². The van der Waals surface area contributed by atoms with Gasteiger partial charge in [0.05, 0.1) is 0 Å². The first kappa shape index (κ1) is 17.8. The van der Waals surface area contributed by atoms with Crippen LogP contribution in [-0.4, -0.2) is 25.8 Å². The van der Waals surface area contributed by atoms with Crippen LogP contribution in [0.3, 0.4) is 0 Å². The third-order valence-electron chi connectivity index (χ3n) is 3.12. The Morgan fingerprint density at radius 2 is 1.95 bits per heavy atom. The first-order valence-corrected chi connectivity index (χ1v) is 8.18. The van der Waals surface area contributed by atoms with Gasteiger partial charge in [-0.05, 0) is 49.9 Å². The van der Waals surface area contributed by atoms with Gasteiger partial charge in [-0.2, -0.15) is 0 Å². The van der Waals surface area contributed by atoms with Crippen molar-refractivity contribution in [2.24, 2.45) is 0 Å². The summed E-state index contributed by atoms with van der Waals surface area (Å²) >= 11 is 12.2. The average molecular weight is 318 g/mol. The summed E-state index contributed by atoms with van der Waals surface area (Å²) in [5.74, 6) is 0. The molecule has 0 aliphatic heterocycles. The highest BCUT2D eigenvalue weighted by atomic mass is 35.5. The average Bonchev–Trinajstić information content (AvgIpc) is 2.43. The summed E-state index contributed by atoms with van der Waals surface area (Å²) in [6.45, 7) is 6.94. The van der Waals surface area contributed by atoms with Crippen molar-refractivity contribution in [2.45, 2.75) is 45.6 Å². The molecular formula is C16H25Cl2NO. The lowest BCUT2D eigenvalue weighted by molar-refractivity contribution is 0.124. The SMILES string of the molecule is CCCNC(CCOCCC)Cc1ccc(Cl)cc1Cl. The second-order valence-electron chi connectivity index (χ2n) is 4.99. The zero-order chi connectivity index (χ0) is 14.8. The van der Waals surface area contributed by atoms with Gasteiger partial charge in [0.2, 0.25) is 0 Å². The third-order valence-corrected chi connectivity index (χ3v) is 3.71. The molecule has 0 aliphatic rings. The predicted octanol–water partition coefficient (Wildman–Crippen LogP) is 4.72. The summed E-state index contributed by atoms with van der Waals surface area (Å²) in [4.78, 5) is 0. The van der Waals surface area contributed by atoms with Crippen LogP contribution in [-0.2, 0) is 11.2 Å². The molecule has 1 N–H and O–H groups in total. The molecule has 1 atom stereocenters. The number of nitrogens with one attached hydrogen (secondary N) is 1. The van der Waals surface area contributed by atoms with Crippen molar-refractivity contribution < 1.29 is 4.74 Å². The minimum Gasteiger partial charge on any atom is -0.381 e. The van der Waals surface area contributed by atoms with E-state index in [2.05, 4.69) is 19.2 Å². The smallest absolute Gasteiger partial charge is 0.0480 e. The minimum atomic E-state index is 0.394. The highest BCUT2D eigenvalue weighted by Gasteiger charge is 2.11. The molecule has 2 nitrogen and oxygen atoms in total. The molecule has 0 saturated heterocycles. The molecule has 0 bridgehead atoms. The summed E-state index contributed by atoms with van der Waals surface area (Å²) in [6.07, 6.45) is 4.10. The third kappa shape index (κ3) is 6.94. The molecule has 0 fully saturated rings. The van der Waals surface area contributed by atoms with Crippen LogP contribution in [0.15, 0.2) is 18.2 Å². The molecule has 1 unspecified atom stereocenters. The lowest BCUT2D eigenvalue weighted by atomic mass is 10.0. The van der Waals surface area contributed by atoms with Gasteiger partial charge in [0.15, 0.2) is 0 Å². The second-order valence-corrected chi connectivity index (χ2v) is 5.84. The predicted molar refractivity (Wildman–Crippen MR) is 88.0 cm³/mol. The number of rotatable bonds is 10. The maximum absolute atomic E-state index is 6.25. The number of halogens is 2. The van der Waals surface area contributed by atoms with Crippen molar-refractivity contribution >= 4 is 23.2 Å². The molecule has 20 heavy (non-hydrogen) atoms. The maximum atomic E-state index is 6.25. The fourth-order valence-electron chi connectivity index (χ4n) is 2.05. The first-order valence-electron chi connectivity index (χ1n) is 7.42. The van der Waals surface area contributed by atoms with Gasteiger partial charge in [0.25, 0.3) is 0 Å². The molecule has 1 rings (SSSR count). The molecule has 114 valence electrons. The van der Waals surface area contributed by atoms with Gasteiger partial charge in [0, 0.05) is 29.3 Å². The van der Waals surface area contributed by atoms with Crippen molar-refractivity contribution in [1.29, 1.82) is 0 Å². The number of hydrogen-bond donors (Lipinski definition) is 1. The molecule has 0 saturated carbocycles. The van der Waals surface area contributed by atoms with Gasteiger partial charge in [-0.1, -0.05) is 43.1 Å². The fraction of sp³-hybridized carbons (Fsp3) is 0.625. The van der Waals surface area contributed by atoms with E-state index in [0.29, 0.717) is 11.1 Å². The molecule has 0 spiro atoms. The molecular weight excluding hydrogens is 293 g/mol. The Morgan fingerprint density at radius 3 is 2.60 bits per heavy atom. The van der Waals surface area contributed by atoms with E-state index in [4.69, 9.17) is 27.9 Å². The highest BCUT2D eigenvalue weighted by molar-refractivity contribution is 6.35. The van der Waals surface area contributed by atoms with E-state index in [1.165, 1.54) is 0 Å². The van der Waals surface area contributed by atoms with Crippen LogP contribution in [0.1, 0.15) is 38.7 Å². The van der Waals surface area contributed by atoms with Crippen molar-refractivity contribution in [3.63, 3.8) is 0 Å². The highest BCUT2D eigenvalue weighted by Crippen LogP contribution is 2.22. The Kier molecular flexibility index (Phi) is 9.28. The second kappa shape index (κ2) is 10.4. The molecule has 0 aromatic heterocycles. The van der Waals surface area contributed by atoms with Crippen LogP contribution >= 0.6 is 23.2 Å². The van der Waals surface area contributed by atoms with Crippen LogP contribution in [0.4, 0.5) is 0 Å². The van der Waals surface area contributed by atoms with E-state index in [9.17, 15) is 0 Å². The van der Waals surface area contributed by atoms with Crippen LogP contribution in [0.2, 0.25) is 10.0 Å². The monoisotopic (exact) mass is 317 g/mol. The van der Waals surface area contributed by atoms with E-state index in [0.717, 1.165) is 56.0 Å². The van der Waals surface area contributed by atoms with Gasteiger partial charge in [-0.3, -0.25) is 0 Å². The standard InChI is InChI=1S/C16H25Cl2NO/c1-3-8-19-15(7-10-20-9-4-2)11-13-5-6-14(17)12-16(13)18/h5-6,12,15,19H,3-4,7-11H2,1-2H3. The van der Waals surface area contributed by atoms with E-state index in [-0.39, 0.29) is 0 Å². The van der Waals surface area contributed by atoms with Gasteiger partial charge < -0.3 is 10.1 Å². The van der Waals surface area contributed by atoms with Gasteiger partial charge >= 0.3 is 0 Å². The van der Waals surface area contributed by atoms with Crippen LogP contribution < -0.4 is 5.32 Å². The van der Waals surface area contributed by atoms with Crippen molar-refractivity contribution in [3.8, 4) is 0 Å². The normalized spacial score (nSPS) is 12.6. The van der Waals surface area contributed by atoms with Crippen molar-refractivity contribution in [3.05, 3.63) is 33.8 Å². The Morgan fingerprint density at radius 1 is 1.15 bits per heavy atom. The summed E-state index contributed by atoms with van der Waals surface area (Å²) in [5.41, 5.74) is 1.14. The van der Waals surface area contributed by atoms with Crippen LogP contribution in [0.5, 0.6) is 0 Å². The molecule has 0 amide bonds. The topological polar surface area (TPSA) is 21.3 Å². The Bertz CT molecular complexity index is 385. The summed E-state index contributed by atoms with van der Waals surface area (Å²) in [7, 11) is 0. The molecule has 0 heterocycles. The lowest BCUT2D eigenvalue weighted by Gasteiger charge is -2.19. The number of benzene rings is 1. The van der Waals surface area contributed by atoms with E-state index < -0.39 is 0 Å². The van der Waals surface area contributed by atoms with E-state index in [1.807, 2.05) is 18.2 Å². The van der Waals surface area contributed by atoms with Crippen molar-refractivity contribution in [2.75, 3.05) is 19.8 Å². The van der Waals surface area contributed by atoms with Crippen LogP contribution in [0.25, 0.3) is 0 Å². The Labute approximate surface area is 132 Å². The zero-order valence-corrected chi connectivity index (χ0v) is 13.9. The zero-order valence-electron chi connectivity index (χ0n) is 12.4. The fourth-order valence-corrected chi connectivity index (χ4v) is 2.54. The van der Waals surface area contributed by atoms with E-state index >= 15 is 0 Å². The number of ether oxygens (including phenoxy) is 1. The minimum absolute atomic E-state index is 0.394. The lowest BCUT2D eigenvalue weighted by Crippen LogP contribution is -2.33. The van der Waals surface area contributed by atoms with Gasteiger partial charge in [0.1, 0.15) is 0 Å². The number of hydrogen-bond acceptors (Lipinski definition) is 2. The van der Waals surface area contributed by atoms with Gasteiger partial charge in [-0.25, -0.2) is 0 Å². The largest absolute Gasteiger partial charge is 0.381 e. The van der Waals surface area contributed by atoms with E-state index in [1.54, 1.807) is 0 Å². The Balaban J connectivity index is 2.53. The summed E-state index contributed by atoms with van der Waals surface area (Å²) in [5, 5.41) is 4.99. The Hall–Kier alpha value is -0.280. The molecule has 0 radical (unpaired) electrons. The summed E-state index contributed by atoms with van der Waals surface area (Å²) in [6, 6.07) is 6.11. The van der Waals surface area contributed by atoms with Gasteiger partial charge in [-0.15, -0.1) is 0 Å². The summed E-state index contributed by atoms with van der Waals surface area (Å²) < 4.78 is 5.59. The first-order chi connectivity index (χ1) is 9.67. The van der Waals surface area contributed by atoms with Crippen LogP contribution in [0, 0.1) is 0 Å². The molecule has 1 aromatic rings.